The molecule has 2 saturated heterocycles. The van der Waals surface area contributed by atoms with Crippen molar-refractivity contribution in [3.8, 4) is 11.5 Å². The normalized spacial score (nSPS) is 18.5. The van der Waals surface area contributed by atoms with Crippen molar-refractivity contribution >= 4 is 17.9 Å². The van der Waals surface area contributed by atoms with E-state index < -0.39 is 6.36 Å². The molecule has 2 fully saturated rings. The van der Waals surface area contributed by atoms with E-state index in [0.717, 1.165) is 55.7 Å². The lowest BCUT2D eigenvalue weighted by Crippen LogP contribution is -2.35. The van der Waals surface area contributed by atoms with Gasteiger partial charge in [0.1, 0.15) is 17.6 Å². The minimum atomic E-state index is -4.72. The predicted octanol–water partition coefficient (Wildman–Crippen LogP) is 6.67. The van der Waals surface area contributed by atoms with E-state index in [1.165, 1.54) is 30.7 Å². The van der Waals surface area contributed by atoms with Gasteiger partial charge < -0.3 is 14.2 Å². The highest BCUT2D eigenvalue weighted by molar-refractivity contribution is 7.97. The lowest BCUT2D eigenvalue weighted by atomic mass is 10.1. The highest BCUT2D eigenvalue weighted by Gasteiger charge is 2.31. The van der Waals surface area contributed by atoms with E-state index in [-0.39, 0.29) is 30.5 Å². The molecule has 0 radical (unpaired) electrons. The number of ether oxygens (including phenoxy) is 3. The maximum atomic E-state index is 12.4. The van der Waals surface area contributed by atoms with E-state index in [2.05, 4.69) is 28.4 Å². The molecule has 7 nitrogen and oxygen atoms in total. The molecule has 1 N–H and O–H groups in total. The molecule has 11 heteroatoms. The molecule has 1 atom stereocenters. The Hall–Kier alpha value is -2.47. The molecular formula is C28H37F3N2O5S. The molecule has 1 unspecified atom stereocenters. The van der Waals surface area contributed by atoms with Crippen LogP contribution < -0.4 is 15.0 Å². The van der Waals surface area contributed by atoms with Gasteiger partial charge in [-0.2, -0.15) is 0 Å². The van der Waals surface area contributed by atoms with Gasteiger partial charge >= 0.3 is 6.36 Å². The number of piperidine rings is 1. The van der Waals surface area contributed by atoms with Gasteiger partial charge in [-0.05, 0) is 73.5 Å². The molecule has 2 aromatic carbocycles. The third-order valence-electron chi connectivity index (χ3n) is 5.75. The summed E-state index contributed by atoms with van der Waals surface area (Å²) < 4.78 is 54.5. The molecule has 4 rings (SSSR count). The van der Waals surface area contributed by atoms with E-state index in [1.807, 2.05) is 24.3 Å². The number of nitrogens with one attached hydrogen (secondary N) is 1. The number of hydrogen-bond donors (Lipinski definition) is 1. The molecule has 0 bridgehead atoms. The van der Waals surface area contributed by atoms with Crippen molar-refractivity contribution < 1.29 is 37.0 Å². The Morgan fingerprint density at radius 1 is 1.03 bits per heavy atom. The number of alkyl halides is 3. The number of rotatable bonds is 9. The summed E-state index contributed by atoms with van der Waals surface area (Å²) in [6, 6.07) is 13.2. The first-order valence-corrected chi connectivity index (χ1v) is 14.1. The smallest absolute Gasteiger partial charge is 0.490 e. The summed E-state index contributed by atoms with van der Waals surface area (Å²) >= 11 is 1.60. The number of hydroxylamine groups is 1. The van der Waals surface area contributed by atoms with Crippen LogP contribution in [0.2, 0.25) is 0 Å². The standard InChI is InChI=1S/C25H29F3N2O5S.C3H8/c26-25(27,28)34-21-10-8-19(9-11-21)33-20-12-14-30(15-13-20)36-22-6-2-1-5-18(22)17-23(31)29-35-24-7-3-4-16-32-24;1-3-2/h1-2,5-6,8-11,20,24H,3-4,7,12-17H2,(H,29,31);3H2,1-2H3. The van der Waals surface area contributed by atoms with E-state index in [9.17, 15) is 18.0 Å². The van der Waals surface area contributed by atoms with Crippen molar-refractivity contribution in [1.29, 1.82) is 0 Å². The third kappa shape index (κ3) is 11.7. The molecule has 2 aliphatic rings. The van der Waals surface area contributed by atoms with Crippen LogP contribution in [0.25, 0.3) is 0 Å². The number of amides is 1. The number of hydrogen-bond acceptors (Lipinski definition) is 7. The Bertz CT molecular complexity index is 995. The van der Waals surface area contributed by atoms with Crippen molar-refractivity contribution in [3.63, 3.8) is 0 Å². The molecule has 0 aliphatic carbocycles. The van der Waals surface area contributed by atoms with Gasteiger partial charge in [0.2, 0.25) is 5.91 Å². The van der Waals surface area contributed by atoms with E-state index in [4.69, 9.17) is 14.3 Å². The summed E-state index contributed by atoms with van der Waals surface area (Å²) in [7, 11) is 0. The quantitative estimate of drug-likeness (QED) is 0.267. The van der Waals surface area contributed by atoms with Gasteiger partial charge in [0.25, 0.3) is 0 Å². The molecule has 0 saturated carbocycles. The van der Waals surface area contributed by atoms with Crippen LogP contribution in [-0.2, 0) is 20.8 Å². The number of benzene rings is 2. The second-order valence-corrected chi connectivity index (χ2v) is 10.4. The number of carbonyl (C=O) groups is 1. The van der Waals surface area contributed by atoms with Gasteiger partial charge in [-0.3, -0.25) is 4.79 Å². The second-order valence-electron chi connectivity index (χ2n) is 9.29. The fourth-order valence-electron chi connectivity index (χ4n) is 3.98. The second kappa shape index (κ2) is 16.0. The Morgan fingerprint density at radius 2 is 1.69 bits per heavy atom. The zero-order chi connectivity index (χ0) is 28.1. The molecule has 2 heterocycles. The number of halogens is 3. The van der Waals surface area contributed by atoms with Gasteiger partial charge in [0.15, 0.2) is 6.29 Å². The highest BCUT2D eigenvalue weighted by Crippen LogP contribution is 2.31. The van der Waals surface area contributed by atoms with Gasteiger partial charge in [-0.1, -0.05) is 38.5 Å². The van der Waals surface area contributed by atoms with Gasteiger partial charge in [0.05, 0.1) is 6.42 Å². The molecule has 2 aromatic rings. The lowest BCUT2D eigenvalue weighted by Gasteiger charge is -2.31. The summed E-state index contributed by atoms with van der Waals surface area (Å²) in [6.45, 7) is 6.44. The molecule has 0 aromatic heterocycles. The van der Waals surface area contributed by atoms with Crippen LogP contribution in [0.4, 0.5) is 13.2 Å². The Morgan fingerprint density at radius 3 is 2.33 bits per heavy atom. The van der Waals surface area contributed by atoms with Crippen molar-refractivity contribution in [2.24, 2.45) is 0 Å². The van der Waals surface area contributed by atoms with Crippen molar-refractivity contribution in [3.05, 3.63) is 54.1 Å². The van der Waals surface area contributed by atoms with Gasteiger partial charge in [0, 0.05) is 31.0 Å². The SMILES string of the molecule is CCC.O=C(Cc1ccccc1SN1CCC(Oc2ccc(OC(F)(F)F)cc2)CC1)NOC1CCCCO1. The van der Waals surface area contributed by atoms with E-state index in [1.54, 1.807) is 11.9 Å². The fourth-order valence-corrected chi connectivity index (χ4v) is 5.04. The summed E-state index contributed by atoms with van der Waals surface area (Å²) in [5.74, 6) is 0.00566. The highest BCUT2D eigenvalue weighted by atomic mass is 32.2. The average molecular weight is 571 g/mol. The largest absolute Gasteiger partial charge is 0.573 e. The summed E-state index contributed by atoms with van der Waals surface area (Å²) in [5.41, 5.74) is 3.42. The Kier molecular flexibility index (Phi) is 12.7. The number of carbonyl (C=O) groups excluding carboxylic acids is 1. The summed E-state index contributed by atoms with van der Waals surface area (Å²) in [4.78, 5) is 18.8. The van der Waals surface area contributed by atoms with Gasteiger partial charge in [-0.25, -0.2) is 14.6 Å². The number of nitrogens with zero attached hydrogens (tertiary/aromatic N) is 1. The van der Waals surface area contributed by atoms with E-state index in [0.29, 0.717) is 12.4 Å². The van der Waals surface area contributed by atoms with Crippen LogP contribution in [0.15, 0.2) is 53.4 Å². The molecule has 1 amide bonds. The van der Waals surface area contributed by atoms with Crippen LogP contribution in [0.3, 0.4) is 0 Å². The first kappa shape index (κ1) is 31.1. The fraction of sp³-hybridized carbons (Fsp3) is 0.536. The van der Waals surface area contributed by atoms with Crippen LogP contribution in [0.5, 0.6) is 11.5 Å². The van der Waals surface area contributed by atoms with Gasteiger partial charge in [-0.15, -0.1) is 13.2 Å². The first-order valence-electron chi connectivity index (χ1n) is 13.3. The van der Waals surface area contributed by atoms with Crippen molar-refractivity contribution in [2.75, 3.05) is 19.7 Å². The molecular weight excluding hydrogens is 533 g/mol. The maximum absolute atomic E-state index is 12.4. The zero-order valence-corrected chi connectivity index (χ0v) is 23.2. The van der Waals surface area contributed by atoms with Crippen LogP contribution in [-0.4, -0.2) is 48.7 Å². The molecule has 2 aliphatic heterocycles. The van der Waals surface area contributed by atoms with Crippen LogP contribution in [0.1, 0.15) is 57.9 Å². The minimum absolute atomic E-state index is 0.0311. The maximum Gasteiger partial charge on any atom is 0.573 e. The first-order chi connectivity index (χ1) is 18.8. The Labute approximate surface area is 232 Å². The van der Waals surface area contributed by atoms with Crippen molar-refractivity contribution in [2.45, 2.75) is 82.4 Å². The predicted molar refractivity (Wildman–Crippen MR) is 143 cm³/mol. The topological polar surface area (TPSA) is 69.3 Å². The minimum Gasteiger partial charge on any atom is -0.490 e. The Balaban J connectivity index is 0.00000134. The molecule has 39 heavy (non-hydrogen) atoms. The third-order valence-corrected chi connectivity index (χ3v) is 6.97. The van der Waals surface area contributed by atoms with E-state index >= 15 is 0 Å². The average Bonchev–Trinajstić information content (AvgIpc) is 2.91. The van der Waals surface area contributed by atoms with Crippen LogP contribution >= 0.6 is 11.9 Å². The zero-order valence-electron chi connectivity index (χ0n) is 22.4. The van der Waals surface area contributed by atoms with Crippen LogP contribution in [0, 0.1) is 0 Å². The summed E-state index contributed by atoms with van der Waals surface area (Å²) in [5, 5.41) is 0. The molecule has 0 spiro atoms. The summed E-state index contributed by atoms with van der Waals surface area (Å²) in [6.07, 6.45) is 0.650. The molecule has 216 valence electrons. The monoisotopic (exact) mass is 570 g/mol. The lowest BCUT2D eigenvalue weighted by molar-refractivity contribution is -0.274. The van der Waals surface area contributed by atoms with Crippen molar-refractivity contribution in [1.82, 2.24) is 9.79 Å².